The lowest BCUT2D eigenvalue weighted by molar-refractivity contribution is -0.115. The maximum absolute atomic E-state index is 13.1. The zero-order valence-electron chi connectivity index (χ0n) is 20.0. The van der Waals surface area contributed by atoms with E-state index in [0.29, 0.717) is 4.88 Å². The first kappa shape index (κ1) is 28.5. The van der Waals surface area contributed by atoms with E-state index in [2.05, 4.69) is 16.0 Å². The monoisotopic (exact) mass is 581 g/mol. The van der Waals surface area contributed by atoms with Gasteiger partial charge in [-0.2, -0.15) is 0 Å². The molecule has 1 unspecified atom stereocenters. The van der Waals surface area contributed by atoms with Gasteiger partial charge in [0.25, 0.3) is 11.8 Å². The molecular weight excluding hydrogens is 558 g/mol. The van der Waals surface area contributed by atoms with E-state index >= 15 is 0 Å². The molecule has 3 amide bonds. The van der Waals surface area contributed by atoms with Crippen molar-refractivity contribution in [2.45, 2.75) is 28.4 Å². The summed E-state index contributed by atoms with van der Waals surface area (Å²) in [6.07, 6.45) is 1.88. The summed E-state index contributed by atoms with van der Waals surface area (Å²) in [4.78, 5) is 38.7. The second kappa shape index (κ2) is 12.0. The maximum atomic E-state index is 13.1. The van der Waals surface area contributed by atoms with Gasteiger partial charge >= 0.3 is 0 Å². The van der Waals surface area contributed by atoms with E-state index < -0.39 is 32.7 Å². The van der Waals surface area contributed by atoms with Crippen molar-refractivity contribution < 1.29 is 27.9 Å². The fraction of sp³-hybridized carbons (Fsp3) is 0.208. The first-order chi connectivity index (χ1) is 17.5. The quantitative estimate of drug-likeness (QED) is 0.213. The Morgan fingerprint density at radius 2 is 1.62 bits per heavy atom. The highest BCUT2D eigenvalue weighted by Crippen LogP contribution is 2.35. The Balaban J connectivity index is 1.77. The molecule has 13 heteroatoms. The summed E-state index contributed by atoms with van der Waals surface area (Å²) in [5.74, 6) is -2.12. The molecule has 4 N–H and O–H groups in total. The summed E-state index contributed by atoms with van der Waals surface area (Å²) in [5.41, 5.74) is -0.0528. The van der Waals surface area contributed by atoms with Gasteiger partial charge in [0.15, 0.2) is 9.84 Å². The zero-order valence-corrected chi connectivity index (χ0v) is 23.2. The van der Waals surface area contributed by atoms with Gasteiger partial charge in [-0.05, 0) is 55.1 Å². The maximum Gasteiger partial charge on any atom is 0.265 e. The number of halogens is 1. The molecule has 2 aromatic carbocycles. The van der Waals surface area contributed by atoms with Crippen LogP contribution in [0.2, 0.25) is 5.02 Å². The molecular formula is C24H24ClN3O6S3. The molecule has 3 aromatic rings. The molecule has 0 aliphatic rings. The third kappa shape index (κ3) is 6.45. The number of sulfone groups is 1. The van der Waals surface area contributed by atoms with Crippen LogP contribution in [0, 0.1) is 0 Å². The average Bonchev–Trinajstić information content (AvgIpc) is 3.37. The predicted octanol–water partition coefficient (Wildman–Crippen LogP) is 4.63. The van der Waals surface area contributed by atoms with Crippen LogP contribution in [0.25, 0.3) is 0 Å². The van der Waals surface area contributed by atoms with Crippen molar-refractivity contribution in [3.8, 4) is 5.75 Å². The minimum Gasteiger partial charge on any atom is -0.506 e. The van der Waals surface area contributed by atoms with Crippen LogP contribution in [0.5, 0.6) is 5.75 Å². The first-order valence-corrected chi connectivity index (χ1v) is 14.8. The van der Waals surface area contributed by atoms with E-state index in [1.54, 1.807) is 19.1 Å². The summed E-state index contributed by atoms with van der Waals surface area (Å²) in [7, 11) is -2.52. The number of nitrogens with one attached hydrogen (secondary N) is 3. The minimum atomic E-state index is -3.99. The van der Waals surface area contributed by atoms with E-state index in [1.165, 1.54) is 49.1 Å². The summed E-state index contributed by atoms with van der Waals surface area (Å²) in [6, 6.07) is 11.6. The lowest BCUT2D eigenvalue weighted by Crippen LogP contribution is -2.34. The van der Waals surface area contributed by atoms with Gasteiger partial charge < -0.3 is 21.1 Å². The van der Waals surface area contributed by atoms with Gasteiger partial charge in [0.05, 0.1) is 31.0 Å². The fourth-order valence-electron chi connectivity index (χ4n) is 3.34. The molecule has 0 aliphatic heterocycles. The van der Waals surface area contributed by atoms with E-state index in [4.69, 9.17) is 11.6 Å². The topological polar surface area (TPSA) is 142 Å². The second-order valence-corrected chi connectivity index (χ2v) is 12.2. The van der Waals surface area contributed by atoms with E-state index in [0.717, 1.165) is 22.3 Å². The highest BCUT2D eigenvalue weighted by molar-refractivity contribution is 7.98. The van der Waals surface area contributed by atoms with Crippen LogP contribution in [-0.2, 0) is 14.6 Å². The summed E-state index contributed by atoms with van der Waals surface area (Å²) in [5, 5.41) is 16.4. The van der Waals surface area contributed by atoms with Crippen molar-refractivity contribution in [3.63, 3.8) is 0 Å². The number of amides is 3. The predicted molar refractivity (Wildman–Crippen MR) is 147 cm³/mol. The Bertz CT molecular complexity index is 1440. The van der Waals surface area contributed by atoms with E-state index in [-0.39, 0.29) is 38.5 Å². The molecule has 1 heterocycles. The van der Waals surface area contributed by atoms with Gasteiger partial charge in [0.2, 0.25) is 5.91 Å². The molecule has 0 aliphatic carbocycles. The molecule has 9 nitrogen and oxygen atoms in total. The van der Waals surface area contributed by atoms with Gasteiger partial charge in [-0.25, -0.2) is 8.42 Å². The lowest BCUT2D eigenvalue weighted by Gasteiger charge is -2.17. The largest absolute Gasteiger partial charge is 0.506 e. The Morgan fingerprint density at radius 1 is 1.00 bits per heavy atom. The third-order valence-electron chi connectivity index (χ3n) is 5.30. The van der Waals surface area contributed by atoms with Gasteiger partial charge in [0, 0.05) is 18.0 Å². The van der Waals surface area contributed by atoms with Gasteiger partial charge in [-0.1, -0.05) is 18.5 Å². The summed E-state index contributed by atoms with van der Waals surface area (Å²) in [6.45, 7) is 1.58. The van der Waals surface area contributed by atoms with E-state index in [1.807, 2.05) is 6.26 Å². The van der Waals surface area contributed by atoms with Crippen molar-refractivity contribution in [2.75, 3.05) is 23.9 Å². The van der Waals surface area contributed by atoms with Crippen LogP contribution in [0.3, 0.4) is 0 Å². The summed E-state index contributed by atoms with van der Waals surface area (Å²) >= 11 is 8.71. The second-order valence-electron chi connectivity index (χ2n) is 7.65. The van der Waals surface area contributed by atoms with Crippen LogP contribution in [0.15, 0.2) is 58.3 Å². The first-order valence-electron chi connectivity index (χ1n) is 10.9. The molecule has 3 rings (SSSR count). The number of aromatic hydroxyl groups is 1. The molecule has 37 heavy (non-hydrogen) atoms. The number of anilines is 2. The molecule has 0 bridgehead atoms. The number of rotatable bonds is 9. The van der Waals surface area contributed by atoms with Crippen molar-refractivity contribution >= 4 is 73.6 Å². The number of hydrogen-bond acceptors (Lipinski definition) is 8. The summed E-state index contributed by atoms with van der Waals surface area (Å²) < 4.78 is 26.2. The molecule has 0 saturated carbocycles. The molecule has 0 spiro atoms. The van der Waals surface area contributed by atoms with Crippen LogP contribution in [0.4, 0.5) is 11.4 Å². The number of benzene rings is 2. The van der Waals surface area contributed by atoms with Gasteiger partial charge in [-0.15, -0.1) is 23.1 Å². The average molecular weight is 582 g/mol. The number of hydrogen-bond donors (Lipinski definition) is 4. The molecule has 0 radical (unpaired) electrons. The molecule has 0 saturated heterocycles. The van der Waals surface area contributed by atoms with Crippen molar-refractivity contribution in [3.05, 3.63) is 63.3 Å². The number of phenols is 1. The third-order valence-corrected chi connectivity index (χ3v) is 9.66. The fourth-order valence-corrected chi connectivity index (χ4v) is 6.43. The molecule has 196 valence electrons. The smallest absolute Gasteiger partial charge is 0.265 e. The molecule has 1 aromatic heterocycles. The minimum absolute atomic E-state index is 0.00897. The van der Waals surface area contributed by atoms with Crippen molar-refractivity contribution in [1.82, 2.24) is 5.32 Å². The van der Waals surface area contributed by atoms with Crippen molar-refractivity contribution in [1.29, 1.82) is 0 Å². The van der Waals surface area contributed by atoms with Crippen LogP contribution in [-0.4, -0.2) is 49.8 Å². The van der Waals surface area contributed by atoms with Crippen LogP contribution >= 0.6 is 34.7 Å². The highest BCUT2D eigenvalue weighted by atomic mass is 35.5. The molecule has 0 fully saturated rings. The van der Waals surface area contributed by atoms with E-state index in [9.17, 15) is 27.9 Å². The molecule has 1 atom stereocenters. The number of carbonyl (C=O) groups excluding carboxylic acids is 3. The Hall–Kier alpha value is -3.06. The zero-order chi connectivity index (χ0) is 27.3. The van der Waals surface area contributed by atoms with Crippen LogP contribution < -0.4 is 16.0 Å². The number of carbonyl (C=O) groups is 3. The van der Waals surface area contributed by atoms with Gasteiger partial charge in [0.1, 0.15) is 11.0 Å². The lowest BCUT2D eigenvalue weighted by atomic mass is 10.2. The SMILES string of the molecule is CCC(C(=O)Nc1cc(O)c(NC(=O)c2ccc(C(=O)NC)s2)cc1Cl)S(=O)(=O)c1ccc(SC)cc1. The number of thioether (sulfide) groups is 1. The number of thiophene rings is 1. The highest BCUT2D eigenvalue weighted by Gasteiger charge is 2.33. The standard InChI is InChI=1S/C24H24ClN3O6S3/c1-4-21(37(33,34)14-7-5-13(35-3)6-8-14)24(32)27-16-12-18(29)17(11-15(16)25)28-23(31)20-10-9-19(36-20)22(30)26-2/h5-12,21,29H,4H2,1-3H3,(H,26,30)(H,27,32)(H,28,31). The van der Waals surface area contributed by atoms with Crippen LogP contribution in [0.1, 0.15) is 32.7 Å². The Kier molecular flexibility index (Phi) is 9.24. The Labute approximate surface area is 227 Å². The van der Waals surface area contributed by atoms with Crippen molar-refractivity contribution in [2.24, 2.45) is 0 Å². The normalized spacial score (nSPS) is 12.0. The Morgan fingerprint density at radius 3 is 2.19 bits per heavy atom. The van der Waals surface area contributed by atoms with Gasteiger partial charge in [-0.3, -0.25) is 14.4 Å². The number of phenolic OH excluding ortho intramolecular Hbond substituents is 1.